The molecule has 0 spiro atoms. The highest BCUT2D eigenvalue weighted by molar-refractivity contribution is 7.90. The molecule has 1 fully saturated rings. The Hall–Kier alpha value is -3.57. The minimum absolute atomic E-state index is 0.0890. The molecule has 43 heavy (non-hydrogen) atoms. The standard InChI is InChI=1S/C33H40N2O7S/c1-23-9-7-8-12-28(23)30-17-25(13-14-29(30)32(36)34-31(33(37)38)15-16-43(3,39)40)19-35-20-27(41-2)18-26(35)22-42-21-24-10-5-4-6-11-24/h4-14,17,26-27,31H,15-16,18-22H2,1-3H3,(H,34,36)(H,37,38)/t26?,27-,31?/m0/s1. The predicted octanol–water partition coefficient (Wildman–Crippen LogP) is 4.09. The number of sulfone groups is 1. The lowest BCUT2D eigenvalue weighted by Crippen LogP contribution is -2.42. The fourth-order valence-electron chi connectivity index (χ4n) is 5.41. The highest BCUT2D eigenvalue weighted by atomic mass is 32.2. The van der Waals surface area contributed by atoms with E-state index in [0.29, 0.717) is 30.9 Å². The van der Waals surface area contributed by atoms with Gasteiger partial charge in [0.15, 0.2) is 0 Å². The molecule has 2 unspecified atom stereocenters. The first-order valence-electron chi connectivity index (χ1n) is 14.3. The maximum absolute atomic E-state index is 13.4. The third-order valence-electron chi connectivity index (χ3n) is 7.77. The lowest BCUT2D eigenvalue weighted by atomic mass is 9.93. The van der Waals surface area contributed by atoms with Crippen LogP contribution in [0.3, 0.4) is 0 Å². The smallest absolute Gasteiger partial charge is 0.326 e. The second kappa shape index (κ2) is 14.7. The number of carboxylic acid groups (broad SMARTS) is 1. The van der Waals surface area contributed by atoms with Gasteiger partial charge in [0.05, 0.1) is 25.1 Å². The minimum Gasteiger partial charge on any atom is -0.480 e. The van der Waals surface area contributed by atoms with E-state index in [2.05, 4.69) is 10.2 Å². The zero-order valence-electron chi connectivity index (χ0n) is 24.9. The van der Waals surface area contributed by atoms with Crippen LogP contribution < -0.4 is 5.32 Å². The van der Waals surface area contributed by atoms with Crippen molar-refractivity contribution in [2.24, 2.45) is 0 Å². The number of rotatable bonds is 14. The average Bonchev–Trinajstić information content (AvgIpc) is 3.36. The zero-order valence-corrected chi connectivity index (χ0v) is 25.7. The summed E-state index contributed by atoms with van der Waals surface area (Å²) < 4.78 is 35.0. The Balaban J connectivity index is 1.56. The van der Waals surface area contributed by atoms with Crippen LogP contribution in [0, 0.1) is 6.92 Å². The van der Waals surface area contributed by atoms with Gasteiger partial charge in [0, 0.05) is 38.1 Å². The number of aryl methyl sites for hydroxylation is 1. The topological polar surface area (TPSA) is 122 Å². The van der Waals surface area contributed by atoms with Crippen LogP contribution in [-0.4, -0.2) is 80.8 Å². The molecule has 3 aromatic carbocycles. The van der Waals surface area contributed by atoms with E-state index in [1.54, 1.807) is 13.2 Å². The monoisotopic (exact) mass is 608 g/mol. The largest absolute Gasteiger partial charge is 0.480 e. The van der Waals surface area contributed by atoms with Crippen LogP contribution in [0.2, 0.25) is 0 Å². The third-order valence-corrected chi connectivity index (χ3v) is 8.75. The van der Waals surface area contributed by atoms with E-state index in [0.717, 1.165) is 41.5 Å². The van der Waals surface area contributed by atoms with E-state index in [1.807, 2.05) is 73.7 Å². The Morgan fingerprint density at radius 3 is 2.42 bits per heavy atom. The summed E-state index contributed by atoms with van der Waals surface area (Å²) in [6.07, 6.45) is 1.76. The number of methoxy groups -OCH3 is 1. The zero-order chi connectivity index (χ0) is 31.0. The number of nitrogens with zero attached hydrogens (tertiary/aromatic N) is 1. The van der Waals surface area contributed by atoms with E-state index in [1.165, 1.54) is 0 Å². The third kappa shape index (κ3) is 9.21. The Bertz CT molecular complexity index is 1510. The second-order valence-corrected chi connectivity index (χ2v) is 13.4. The minimum atomic E-state index is -3.40. The van der Waals surface area contributed by atoms with Crippen LogP contribution in [0.15, 0.2) is 72.8 Å². The summed E-state index contributed by atoms with van der Waals surface area (Å²) in [4.78, 5) is 27.6. The SMILES string of the molecule is CO[C@H]1CC(COCc2ccccc2)N(Cc2ccc(C(=O)NC(CCS(C)(=O)=O)C(=O)O)c(-c3ccccc3C)c2)C1. The number of amides is 1. The van der Waals surface area contributed by atoms with Crippen molar-refractivity contribution in [1.29, 1.82) is 0 Å². The summed E-state index contributed by atoms with van der Waals surface area (Å²) in [5.41, 5.74) is 4.94. The number of carbonyl (C=O) groups excluding carboxylic acids is 1. The fourth-order valence-corrected chi connectivity index (χ4v) is 6.07. The number of nitrogens with one attached hydrogen (secondary N) is 1. The van der Waals surface area contributed by atoms with Crippen molar-refractivity contribution in [3.05, 3.63) is 95.1 Å². The van der Waals surface area contributed by atoms with E-state index in [4.69, 9.17) is 9.47 Å². The molecule has 0 aliphatic carbocycles. The number of ether oxygens (including phenoxy) is 2. The molecule has 0 aromatic heterocycles. The van der Waals surface area contributed by atoms with Gasteiger partial charge in [0.1, 0.15) is 15.9 Å². The van der Waals surface area contributed by atoms with Crippen molar-refractivity contribution in [3.8, 4) is 11.1 Å². The lowest BCUT2D eigenvalue weighted by Gasteiger charge is -2.25. The van der Waals surface area contributed by atoms with Gasteiger partial charge in [-0.1, -0.05) is 60.7 Å². The summed E-state index contributed by atoms with van der Waals surface area (Å²) in [7, 11) is -1.67. The molecule has 1 amide bonds. The van der Waals surface area contributed by atoms with Crippen LogP contribution >= 0.6 is 0 Å². The lowest BCUT2D eigenvalue weighted by molar-refractivity contribution is -0.139. The predicted molar refractivity (Wildman–Crippen MR) is 166 cm³/mol. The normalized spacial score (nSPS) is 17.9. The molecule has 2 N–H and O–H groups in total. The second-order valence-electron chi connectivity index (χ2n) is 11.2. The molecular weight excluding hydrogens is 568 g/mol. The first-order valence-corrected chi connectivity index (χ1v) is 16.4. The van der Waals surface area contributed by atoms with E-state index < -0.39 is 27.8 Å². The molecule has 0 bridgehead atoms. The molecule has 1 aliphatic heterocycles. The Kier molecular flexibility index (Phi) is 11.1. The molecular formula is C33H40N2O7S. The van der Waals surface area contributed by atoms with Crippen LogP contribution in [0.4, 0.5) is 0 Å². The number of carbonyl (C=O) groups is 2. The van der Waals surface area contributed by atoms with Gasteiger partial charge in [-0.15, -0.1) is 0 Å². The first kappa shape index (κ1) is 32.3. The van der Waals surface area contributed by atoms with Crippen molar-refractivity contribution < 1.29 is 32.6 Å². The Morgan fingerprint density at radius 2 is 1.74 bits per heavy atom. The van der Waals surface area contributed by atoms with E-state index in [9.17, 15) is 23.1 Å². The molecule has 0 saturated carbocycles. The van der Waals surface area contributed by atoms with Gasteiger partial charge in [0.2, 0.25) is 0 Å². The number of likely N-dealkylation sites (tertiary alicyclic amines) is 1. The van der Waals surface area contributed by atoms with Crippen LogP contribution in [0.5, 0.6) is 0 Å². The van der Waals surface area contributed by atoms with Crippen molar-refractivity contribution in [2.45, 2.75) is 51.1 Å². The van der Waals surface area contributed by atoms with Gasteiger partial charge in [-0.05, 0) is 59.7 Å². The molecule has 3 atom stereocenters. The number of carboxylic acids is 1. The van der Waals surface area contributed by atoms with Gasteiger partial charge in [-0.3, -0.25) is 9.69 Å². The first-order chi connectivity index (χ1) is 20.5. The van der Waals surface area contributed by atoms with Gasteiger partial charge in [-0.2, -0.15) is 0 Å². The van der Waals surface area contributed by atoms with Crippen LogP contribution in [0.25, 0.3) is 11.1 Å². The van der Waals surface area contributed by atoms with Crippen LogP contribution in [-0.2, 0) is 37.3 Å². The Labute approximate surface area is 253 Å². The molecule has 4 rings (SSSR count). The molecule has 3 aromatic rings. The molecule has 10 heteroatoms. The van der Waals surface area contributed by atoms with Crippen molar-refractivity contribution >= 4 is 21.7 Å². The summed E-state index contributed by atoms with van der Waals surface area (Å²) in [5.74, 6) is -2.20. The molecule has 0 radical (unpaired) electrons. The quantitative estimate of drug-likeness (QED) is 0.281. The molecule has 1 saturated heterocycles. The summed E-state index contributed by atoms with van der Waals surface area (Å²) >= 11 is 0. The van der Waals surface area contributed by atoms with E-state index >= 15 is 0 Å². The van der Waals surface area contributed by atoms with Gasteiger partial charge >= 0.3 is 5.97 Å². The number of hydrogen-bond acceptors (Lipinski definition) is 7. The summed E-state index contributed by atoms with van der Waals surface area (Å²) in [6.45, 7) is 4.42. The van der Waals surface area contributed by atoms with Crippen molar-refractivity contribution in [2.75, 3.05) is 32.3 Å². The van der Waals surface area contributed by atoms with Gasteiger partial charge < -0.3 is 19.9 Å². The van der Waals surface area contributed by atoms with Gasteiger partial charge in [0.25, 0.3) is 5.91 Å². The molecule has 1 heterocycles. The Morgan fingerprint density at radius 1 is 1.02 bits per heavy atom. The number of aliphatic carboxylic acids is 1. The van der Waals surface area contributed by atoms with Crippen molar-refractivity contribution in [1.82, 2.24) is 10.2 Å². The van der Waals surface area contributed by atoms with Gasteiger partial charge in [-0.25, -0.2) is 13.2 Å². The summed E-state index contributed by atoms with van der Waals surface area (Å²) in [5, 5.41) is 12.2. The number of benzene rings is 3. The highest BCUT2D eigenvalue weighted by Crippen LogP contribution is 2.30. The van der Waals surface area contributed by atoms with Crippen molar-refractivity contribution in [3.63, 3.8) is 0 Å². The average molecular weight is 609 g/mol. The number of hydrogen-bond donors (Lipinski definition) is 2. The maximum atomic E-state index is 13.4. The van der Waals surface area contributed by atoms with E-state index in [-0.39, 0.29) is 24.3 Å². The molecule has 9 nitrogen and oxygen atoms in total. The molecule has 230 valence electrons. The molecule has 1 aliphatic rings. The maximum Gasteiger partial charge on any atom is 0.326 e. The van der Waals surface area contributed by atoms with Crippen LogP contribution in [0.1, 0.15) is 39.9 Å². The fraction of sp³-hybridized carbons (Fsp3) is 0.394. The summed E-state index contributed by atoms with van der Waals surface area (Å²) in [6, 6.07) is 22.2. The highest BCUT2D eigenvalue weighted by Gasteiger charge is 2.32.